The Kier molecular flexibility index (Phi) is 6.19. The summed E-state index contributed by atoms with van der Waals surface area (Å²) in [6, 6.07) is 4.58. The lowest BCUT2D eigenvalue weighted by molar-refractivity contribution is 0.0958. The second kappa shape index (κ2) is 8.98. The van der Waals surface area contributed by atoms with Crippen molar-refractivity contribution in [1.82, 2.24) is 24.9 Å². The predicted octanol–water partition coefficient (Wildman–Crippen LogP) is 2.39. The first-order valence-corrected chi connectivity index (χ1v) is 10.1. The monoisotopic (exact) mass is 387 g/mol. The summed E-state index contributed by atoms with van der Waals surface area (Å²) in [7, 11) is 3.84. The maximum atomic E-state index is 5.67. The fourth-order valence-corrected chi connectivity index (χ4v) is 4.13. The van der Waals surface area contributed by atoms with Crippen molar-refractivity contribution in [1.29, 1.82) is 0 Å². The fraction of sp³-hybridized carbons (Fsp3) is 0.650. The molecular weight excluding hydrogens is 358 g/mol. The number of ether oxygens (including phenoxy) is 2. The second-order valence-electron chi connectivity index (χ2n) is 7.61. The maximum Gasteiger partial charge on any atom is 0.244 e. The number of hydrogen-bond donors (Lipinski definition) is 0. The van der Waals surface area contributed by atoms with Gasteiger partial charge in [-0.1, -0.05) is 5.16 Å². The lowest BCUT2D eigenvalue weighted by Crippen LogP contribution is -2.43. The van der Waals surface area contributed by atoms with Crippen LogP contribution in [0.5, 0.6) is 5.88 Å². The Balaban J connectivity index is 1.42. The smallest absolute Gasteiger partial charge is 0.244 e. The highest BCUT2D eigenvalue weighted by Crippen LogP contribution is 2.36. The van der Waals surface area contributed by atoms with Crippen molar-refractivity contribution in [2.45, 2.75) is 37.8 Å². The fourth-order valence-electron chi connectivity index (χ4n) is 4.13. The summed E-state index contributed by atoms with van der Waals surface area (Å²) in [6.07, 6.45) is 6.41. The van der Waals surface area contributed by atoms with Crippen LogP contribution in [0.1, 0.15) is 37.6 Å². The minimum absolute atomic E-state index is 0.235. The van der Waals surface area contributed by atoms with Gasteiger partial charge in [-0.3, -0.25) is 4.90 Å². The molecule has 2 fully saturated rings. The highest BCUT2D eigenvalue weighted by Gasteiger charge is 2.36. The van der Waals surface area contributed by atoms with Gasteiger partial charge in [0.15, 0.2) is 0 Å². The van der Waals surface area contributed by atoms with E-state index in [1.807, 2.05) is 12.1 Å². The van der Waals surface area contributed by atoms with Crippen molar-refractivity contribution in [3.63, 3.8) is 0 Å². The van der Waals surface area contributed by atoms with E-state index in [0.29, 0.717) is 31.0 Å². The van der Waals surface area contributed by atoms with Crippen molar-refractivity contribution in [3.8, 4) is 17.3 Å². The lowest BCUT2D eigenvalue weighted by Gasteiger charge is -2.37. The third kappa shape index (κ3) is 4.34. The maximum absolute atomic E-state index is 5.67. The first kappa shape index (κ1) is 19.3. The topological polar surface area (TPSA) is 76.8 Å². The SMILES string of the molecule is COCCOc1ccc(-c2noc(C3CCCN3C3CCN(C)CC3)n2)cn1. The average Bonchev–Trinajstić information content (AvgIpc) is 3.39. The van der Waals surface area contributed by atoms with Crippen LogP contribution in [-0.2, 0) is 4.74 Å². The molecule has 4 heterocycles. The molecule has 0 spiro atoms. The van der Waals surface area contributed by atoms with Crippen LogP contribution in [0.2, 0.25) is 0 Å². The average molecular weight is 387 g/mol. The number of piperidine rings is 1. The van der Waals surface area contributed by atoms with Crippen LogP contribution < -0.4 is 4.74 Å². The molecule has 2 aliphatic heterocycles. The zero-order chi connectivity index (χ0) is 19.3. The van der Waals surface area contributed by atoms with Crippen LogP contribution in [0.3, 0.4) is 0 Å². The minimum atomic E-state index is 0.235. The normalized spacial score (nSPS) is 22.0. The number of likely N-dealkylation sites (tertiary alicyclic amines) is 2. The molecule has 2 saturated heterocycles. The zero-order valence-corrected chi connectivity index (χ0v) is 16.7. The molecule has 1 unspecified atom stereocenters. The van der Waals surface area contributed by atoms with Crippen molar-refractivity contribution in [2.24, 2.45) is 0 Å². The van der Waals surface area contributed by atoms with Crippen LogP contribution >= 0.6 is 0 Å². The van der Waals surface area contributed by atoms with Gasteiger partial charge in [-0.05, 0) is 58.4 Å². The molecule has 8 nitrogen and oxygen atoms in total. The molecule has 8 heteroatoms. The van der Waals surface area contributed by atoms with Gasteiger partial charge in [0.2, 0.25) is 17.6 Å². The number of hydrogen-bond acceptors (Lipinski definition) is 8. The van der Waals surface area contributed by atoms with Crippen molar-refractivity contribution in [2.75, 3.05) is 47.0 Å². The van der Waals surface area contributed by atoms with Gasteiger partial charge in [-0.25, -0.2) is 4.98 Å². The van der Waals surface area contributed by atoms with Crippen LogP contribution in [0.25, 0.3) is 11.4 Å². The van der Waals surface area contributed by atoms with E-state index in [1.165, 1.54) is 19.3 Å². The van der Waals surface area contributed by atoms with E-state index in [9.17, 15) is 0 Å². The van der Waals surface area contributed by atoms with Crippen LogP contribution in [0, 0.1) is 0 Å². The Bertz CT molecular complexity index is 743. The first-order valence-electron chi connectivity index (χ1n) is 10.1. The molecule has 152 valence electrons. The van der Waals surface area contributed by atoms with E-state index >= 15 is 0 Å². The van der Waals surface area contributed by atoms with E-state index in [2.05, 4.69) is 27.0 Å². The molecule has 2 aromatic heterocycles. The number of aromatic nitrogens is 3. The molecule has 0 radical (unpaired) electrons. The summed E-state index contributed by atoms with van der Waals surface area (Å²) in [6.45, 7) is 4.45. The van der Waals surface area contributed by atoms with E-state index in [0.717, 1.165) is 37.5 Å². The Hall–Kier alpha value is -2.03. The van der Waals surface area contributed by atoms with Crippen molar-refractivity contribution >= 4 is 0 Å². The highest BCUT2D eigenvalue weighted by atomic mass is 16.5. The number of nitrogens with zero attached hydrogens (tertiary/aromatic N) is 5. The number of rotatable bonds is 7. The van der Waals surface area contributed by atoms with Crippen molar-refractivity contribution < 1.29 is 14.0 Å². The molecule has 0 aliphatic carbocycles. The standard InChI is InChI=1S/C20H29N5O3/c1-24-10-7-16(8-11-24)25-9-3-4-17(25)20-22-19(23-28-20)15-5-6-18(21-14-15)27-13-12-26-2/h5-6,14,16-17H,3-4,7-13H2,1-2H3. The quantitative estimate of drug-likeness (QED) is 0.670. The van der Waals surface area contributed by atoms with Crippen LogP contribution in [-0.4, -0.2) is 78.0 Å². The van der Waals surface area contributed by atoms with E-state index in [-0.39, 0.29) is 6.04 Å². The summed E-state index contributed by atoms with van der Waals surface area (Å²) in [4.78, 5) is 14.0. The number of pyridine rings is 1. The van der Waals surface area contributed by atoms with E-state index in [4.69, 9.17) is 19.0 Å². The molecule has 0 N–H and O–H groups in total. The summed E-state index contributed by atoms with van der Waals surface area (Å²) in [5.74, 6) is 1.88. The molecule has 0 aromatic carbocycles. The lowest BCUT2D eigenvalue weighted by atomic mass is 10.0. The summed E-state index contributed by atoms with van der Waals surface area (Å²) < 4.78 is 16.1. The summed E-state index contributed by atoms with van der Waals surface area (Å²) >= 11 is 0. The third-order valence-electron chi connectivity index (χ3n) is 5.71. The Labute approximate surface area is 165 Å². The van der Waals surface area contributed by atoms with Gasteiger partial charge in [-0.15, -0.1) is 0 Å². The first-order chi connectivity index (χ1) is 13.7. The second-order valence-corrected chi connectivity index (χ2v) is 7.61. The summed E-state index contributed by atoms with van der Waals surface area (Å²) in [5, 5.41) is 4.21. The molecule has 0 saturated carbocycles. The van der Waals surface area contributed by atoms with Crippen LogP contribution in [0.4, 0.5) is 0 Å². The molecule has 0 bridgehead atoms. The van der Waals surface area contributed by atoms with Gasteiger partial charge >= 0.3 is 0 Å². The molecule has 2 aliphatic rings. The molecule has 0 amide bonds. The highest BCUT2D eigenvalue weighted by molar-refractivity contribution is 5.53. The predicted molar refractivity (Wildman–Crippen MR) is 104 cm³/mol. The summed E-state index contributed by atoms with van der Waals surface area (Å²) in [5.41, 5.74) is 0.831. The minimum Gasteiger partial charge on any atom is -0.475 e. The molecule has 1 atom stereocenters. The molecule has 4 rings (SSSR count). The van der Waals surface area contributed by atoms with E-state index < -0.39 is 0 Å². The molecule has 28 heavy (non-hydrogen) atoms. The Morgan fingerprint density at radius 1 is 1.14 bits per heavy atom. The van der Waals surface area contributed by atoms with Gasteiger partial charge in [-0.2, -0.15) is 4.98 Å². The van der Waals surface area contributed by atoms with Gasteiger partial charge in [0.25, 0.3) is 0 Å². The number of methoxy groups -OCH3 is 1. The third-order valence-corrected chi connectivity index (χ3v) is 5.71. The molecular formula is C20H29N5O3. The van der Waals surface area contributed by atoms with Crippen molar-refractivity contribution in [3.05, 3.63) is 24.2 Å². The Morgan fingerprint density at radius 3 is 2.75 bits per heavy atom. The van der Waals surface area contributed by atoms with Gasteiger partial charge in [0.05, 0.1) is 12.6 Å². The molecule has 2 aromatic rings. The Morgan fingerprint density at radius 2 is 2.00 bits per heavy atom. The van der Waals surface area contributed by atoms with Gasteiger partial charge in [0, 0.05) is 31.0 Å². The largest absolute Gasteiger partial charge is 0.475 e. The van der Waals surface area contributed by atoms with Gasteiger partial charge < -0.3 is 18.9 Å². The zero-order valence-electron chi connectivity index (χ0n) is 16.7. The van der Waals surface area contributed by atoms with E-state index in [1.54, 1.807) is 13.3 Å². The van der Waals surface area contributed by atoms with Gasteiger partial charge in [0.1, 0.15) is 6.61 Å². The van der Waals surface area contributed by atoms with Crippen LogP contribution in [0.15, 0.2) is 22.9 Å².